The first-order valence-corrected chi connectivity index (χ1v) is 14.5. The maximum atomic E-state index is 11.6. The van der Waals surface area contributed by atoms with Crippen molar-refractivity contribution >= 4 is 18.4 Å². The summed E-state index contributed by atoms with van der Waals surface area (Å²) < 4.78 is 35.2. The first-order chi connectivity index (χ1) is 11.5. The van der Waals surface area contributed by atoms with Gasteiger partial charge in [0.05, 0.1) is 24.1 Å². The molecular formula is C19H38O5SSi. The van der Waals surface area contributed by atoms with E-state index in [1.54, 1.807) is 0 Å². The predicted octanol–water partition coefficient (Wildman–Crippen LogP) is 4.07. The normalized spacial score (nSPS) is 39.5. The second kappa shape index (κ2) is 6.83. The van der Waals surface area contributed by atoms with Gasteiger partial charge in [-0.3, -0.25) is 4.18 Å². The van der Waals surface area contributed by atoms with Crippen LogP contribution in [-0.4, -0.2) is 45.9 Å². The van der Waals surface area contributed by atoms with E-state index < -0.39 is 24.0 Å². The smallest absolute Gasteiger partial charge is 0.264 e. The fraction of sp³-hybridized carbons (Fsp3) is 1.00. The Bertz CT molecular complexity index is 622. The lowest BCUT2D eigenvalue weighted by Crippen LogP contribution is -2.61. The Labute approximate surface area is 161 Å². The van der Waals surface area contributed by atoms with Gasteiger partial charge in [0, 0.05) is 0 Å². The van der Waals surface area contributed by atoms with E-state index in [0.29, 0.717) is 19.3 Å². The predicted molar refractivity (Wildman–Crippen MR) is 107 cm³/mol. The first-order valence-electron chi connectivity index (χ1n) is 9.76. The molecule has 0 unspecified atom stereocenters. The summed E-state index contributed by atoms with van der Waals surface area (Å²) in [5, 5.41) is 11.2. The molecule has 2 aliphatic rings. The van der Waals surface area contributed by atoms with E-state index in [1.165, 1.54) is 0 Å². The zero-order valence-corrected chi connectivity index (χ0v) is 19.6. The summed E-state index contributed by atoms with van der Waals surface area (Å²) in [5.41, 5.74) is -0.976. The lowest BCUT2D eigenvalue weighted by molar-refractivity contribution is -0.174. The molecule has 0 radical (unpaired) electrons. The Kier molecular flexibility index (Phi) is 5.87. The molecule has 0 spiro atoms. The van der Waals surface area contributed by atoms with Crippen LogP contribution in [0.3, 0.4) is 0 Å². The van der Waals surface area contributed by atoms with Gasteiger partial charge in [0.25, 0.3) is 10.1 Å². The zero-order valence-electron chi connectivity index (χ0n) is 17.8. The number of hydrogen-bond donors (Lipinski definition) is 1. The molecule has 0 aromatic heterocycles. The van der Waals surface area contributed by atoms with Gasteiger partial charge in [-0.25, -0.2) is 0 Å². The molecular weight excluding hydrogens is 368 g/mol. The van der Waals surface area contributed by atoms with Crippen LogP contribution in [0.1, 0.15) is 66.7 Å². The summed E-state index contributed by atoms with van der Waals surface area (Å²) in [4.78, 5) is 0. The lowest BCUT2D eigenvalue weighted by Gasteiger charge is -2.59. The van der Waals surface area contributed by atoms with Gasteiger partial charge in [0.2, 0.25) is 0 Å². The third kappa shape index (κ3) is 4.54. The highest BCUT2D eigenvalue weighted by Gasteiger charge is 2.57. The number of rotatable bonds is 4. The minimum Gasteiger partial charge on any atom is -0.413 e. The number of aliphatic hydroxyl groups is 1. The van der Waals surface area contributed by atoms with Crippen molar-refractivity contribution in [1.29, 1.82) is 0 Å². The Morgan fingerprint density at radius 1 is 1.12 bits per heavy atom. The quantitative estimate of drug-likeness (QED) is 0.563. The van der Waals surface area contributed by atoms with Gasteiger partial charge in [-0.15, -0.1) is 0 Å². The lowest BCUT2D eigenvalue weighted by atomic mass is 9.53. The molecule has 5 nitrogen and oxygen atoms in total. The molecule has 2 fully saturated rings. The van der Waals surface area contributed by atoms with E-state index in [9.17, 15) is 13.5 Å². The van der Waals surface area contributed by atoms with Gasteiger partial charge in [-0.05, 0) is 68.5 Å². The second-order valence-corrected chi connectivity index (χ2v) is 16.9. The van der Waals surface area contributed by atoms with Crippen molar-refractivity contribution < 1.29 is 22.1 Å². The van der Waals surface area contributed by atoms with Gasteiger partial charge >= 0.3 is 0 Å². The van der Waals surface area contributed by atoms with Crippen LogP contribution >= 0.6 is 0 Å². The van der Waals surface area contributed by atoms with Crippen LogP contribution in [0.4, 0.5) is 0 Å². The third-order valence-electron chi connectivity index (χ3n) is 7.25. The fourth-order valence-electron chi connectivity index (χ4n) is 4.63. The summed E-state index contributed by atoms with van der Waals surface area (Å²) in [6.45, 7) is 15.4. The van der Waals surface area contributed by atoms with E-state index in [4.69, 9.17) is 8.61 Å². The number of hydrogen-bond acceptors (Lipinski definition) is 5. The molecule has 0 saturated heterocycles. The Morgan fingerprint density at radius 2 is 1.69 bits per heavy atom. The summed E-state index contributed by atoms with van der Waals surface area (Å²) >= 11 is 0. The van der Waals surface area contributed by atoms with Crippen LogP contribution in [0, 0.1) is 11.3 Å². The molecule has 0 bridgehead atoms. The Balaban J connectivity index is 2.27. The van der Waals surface area contributed by atoms with E-state index in [2.05, 4.69) is 40.8 Å². The van der Waals surface area contributed by atoms with Crippen LogP contribution in [0.25, 0.3) is 0 Å². The fourth-order valence-corrected chi connectivity index (χ4v) is 6.75. The molecule has 0 aromatic carbocycles. The minimum absolute atomic E-state index is 0.0287. The van der Waals surface area contributed by atoms with Gasteiger partial charge < -0.3 is 9.53 Å². The molecule has 7 heteroatoms. The van der Waals surface area contributed by atoms with Crippen LogP contribution in [0.5, 0.6) is 0 Å². The number of fused-ring (bicyclic) bond motifs is 1. The van der Waals surface area contributed by atoms with Crippen molar-refractivity contribution in [3.05, 3.63) is 0 Å². The van der Waals surface area contributed by atoms with Crippen molar-refractivity contribution in [2.24, 2.45) is 11.3 Å². The van der Waals surface area contributed by atoms with E-state index in [-0.39, 0.29) is 28.6 Å². The molecule has 26 heavy (non-hydrogen) atoms. The minimum atomic E-state index is -3.49. The van der Waals surface area contributed by atoms with Gasteiger partial charge in [-0.1, -0.05) is 27.7 Å². The molecule has 0 aliphatic heterocycles. The van der Waals surface area contributed by atoms with Crippen molar-refractivity contribution in [3.8, 4) is 0 Å². The third-order valence-corrected chi connectivity index (χ3v) is 12.4. The highest BCUT2D eigenvalue weighted by atomic mass is 32.2. The summed E-state index contributed by atoms with van der Waals surface area (Å²) in [7, 11) is -5.41. The Hall–Kier alpha value is 0.0469. The van der Waals surface area contributed by atoms with E-state index >= 15 is 0 Å². The van der Waals surface area contributed by atoms with Gasteiger partial charge in [0.15, 0.2) is 8.32 Å². The molecule has 0 aromatic rings. The topological polar surface area (TPSA) is 72.8 Å². The van der Waals surface area contributed by atoms with Crippen molar-refractivity contribution in [2.45, 2.75) is 103 Å². The standard InChI is InChI=1S/C19H38O5SSi/c1-17(2,3)26(7,8)24-16-10-12-19(5,20)15-13-14(23-25(6,21)22)9-11-18(15,16)4/h14-16,20H,9-13H2,1-8H3/t14-,15+,16-,18-,19+/m0/s1. The van der Waals surface area contributed by atoms with E-state index in [1.807, 2.05) is 6.92 Å². The van der Waals surface area contributed by atoms with Crippen LogP contribution in [0.15, 0.2) is 0 Å². The van der Waals surface area contributed by atoms with Crippen LogP contribution in [0.2, 0.25) is 18.1 Å². The second-order valence-electron chi connectivity index (χ2n) is 10.5. The van der Waals surface area contributed by atoms with Gasteiger partial charge in [-0.2, -0.15) is 8.42 Å². The Morgan fingerprint density at radius 3 is 2.19 bits per heavy atom. The molecule has 0 heterocycles. The maximum Gasteiger partial charge on any atom is 0.264 e. The van der Waals surface area contributed by atoms with Crippen molar-refractivity contribution in [3.63, 3.8) is 0 Å². The average molecular weight is 407 g/mol. The summed E-state index contributed by atoms with van der Waals surface area (Å²) in [6, 6.07) is 0. The first kappa shape index (κ1) is 22.3. The van der Waals surface area contributed by atoms with Crippen LogP contribution in [-0.2, 0) is 18.7 Å². The molecule has 5 atom stereocenters. The monoisotopic (exact) mass is 406 g/mol. The molecule has 1 N–H and O–H groups in total. The van der Waals surface area contributed by atoms with Gasteiger partial charge in [0.1, 0.15) is 0 Å². The largest absolute Gasteiger partial charge is 0.413 e. The van der Waals surface area contributed by atoms with Crippen molar-refractivity contribution in [1.82, 2.24) is 0 Å². The molecule has 2 rings (SSSR count). The molecule has 2 saturated carbocycles. The summed E-state index contributed by atoms with van der Waals surface area (Å²) in [6.07, 6.45) is 4.45. The highest BCUT2D eigenvalue weighted by molar-refractivity contribution is 7.86. The SMILES string of the molecule is CC(C)(C)[Si](C)(C)O[C@H]1CC[C@@](C)(O)[C@@H]2C[C@@H](OS(C)(=O)=O)CC[C@]12C. The summed E-state index contributed by atoms with van der Waals surface area (Å²) in [5.74, 6) is -0.0287. The molecule has 2 aliphatic carbocycles. The van der Waals surface area contributed by atoms with Crippen molar-refractivity contribution in [2.75, 3.05) is 6.26 Å². The van der Waals surface area contributed by atoms with Crippen LogP contribution < -0.4 is 0 Å². The zero-order chi connectivity index (χ0) is 20.2. The molecule has 0 amide bonds. The highest BCUT2D eigenvalue weighted by Crippen LogP contribution is 2.56. The average Bonchev–Trinajstić information content (AvgIpc) is 2.41. The van der Waals surface area contributed by atoms with E-state index in [0.717, 1.165) is 19.1 Å². The maximum absolute atomic E-state index is 11.6. The molecule has 154 valence electrons.